The Bertz CT molecular complexity index is 720. The topological polar surface area (TPSA) is 96.0 Å². The van der Waals surface area contributed by atoms with Crippen LogP contribution in [0.25, 0.3) is 0 Å². The number of aromatic nitrogens is 2. The molecule has 2 amide bonds. The predicted octanol–water partition coefficient (Wildman–Crippen LogP) is 1.89. The molecule has 138 valence electrons. The fourth-order valence-electron chi connectivity index (χ4n) is 3.71. The van der Waals surface area contributed by atoms with Gasteiger partial charge in [0.15, 0.2) is 0 Å². The summed E-state index contributed by atoms with van der Waals surface area (Å²) in [5, 5.41) is 5.58. The maximum atomic E-state index is 11.9. The van der Waals surface area contributed by atoms with Crippen LogP contribution in [0.5, 0.6) is 0 Å². The fourth-order valence-corrected chi connectivity index (χ4v) is 3.71. The highest BCUT2D eigenvalue weighted by Crippen LogP contribution is 2.33. The molecular weight excluding hydrogens is 320 g/mol. The van der Waals surface area contributed by atoms with E-state index in [4.69, 9.17) is 0 Å². The van der Waals surface area contributed by atoms with Gasteiger partial charge in [-0.05, 0) is 31.1 Å². The summed E-state index contributed by atoms with van der Waals surface area (Å²) in [6, 6.07) is -0.0820. The lowest BCUT2D eigenvalue weighted by Gasteiger charge is -2.28. The van der Waals surface area contributed by atoms with Gasteiger partial charge in [-0.3, -0.25) is 14.3 Å². The lowest BCUT2D eigenvalue weighted by molar-refractivity contribution is 0.227. The Labute approximate surface area is 147 Å². The van der Waals surface area contributed by atoms with Crippen LogP contribution < -0.4 is 21.9 Å². The molecule has 25 heavy (non-hydrogen) atoms. The zero-order chi connectivity index (χ0) is 17.8. The number of carbonyl (C=O) groups excluding carboxylic acids is 1. The Kier molecular flexibility index (Phi) is 5.60. The van der Waals surface area contributed by atoms with Gasteiger partial charge in [0.2, 0.25) is 0 Å². The van der Waals surface area contributed by atoms with Crippen molar-refractivity contribution >= 4 is 6.03 Å². The summed E-state index contributed by atoms with van der Waals surface area (Å²) < 4.78 is 1.56. The second-order valence-corrected chi connectivity index (χ2v) is 7.47. The summed E-state index contributed by atoms with van der Waals surface area (Å²) in [5.74, 6) is 1.43. The molecule has 2 unspecified atom stereocenters. The number of urea groups is 1. The molecule has 0 bridgehead atoms. The SMILES string of the molecule is CC1CCCCC1CCNC(=O)NCc1cn(C2CC2)c(=O)[nH]c1=O. The second-order valence-electron chi connectivity index (χ2n) is 7.47. The van der Waals surface area contributed by atoms with E-state index in [1.54, 1.807) is 10.8 Å². The number of carbonyl (C=O) groups is 1. The van der Waals surface area contributed by atoms with Crippen molar-refractivity contribution in [2.24, 2.45) is 11.8 Å². The number of amides is 2. The first-order valence-electron chi connectivity index (χ1n) is 9.40. The van der Waals surface area contributed by atoms with Crippen molar-refractivity contribution in [1.82, 2.24) is 20.2 Å². The largest absolute Gasteiger partial charge is 0.338 e. The van der Waals surface area contributed by atoms with Crippen LogP contribution >= 0.6 is 0 Å². The molecule has 7 heteroatoms. The predicted molar refractivity (Wildman–Crippen MR) is 95.6 cm³/mol. The molecule has 0 aromatic carbocycles. The molecule has 2 aliphatic carbocycles. The third-order valence-corrected chi connectivity index (χ3v) is 5.51. The van der Waals surface area contributed by atoms with Crippen LogP contribution in [0.1, 0.15) is 63.5 Å². The average Bonchev–Trinajstić information content (AvgIpc) is 3.41. The van der Waals surface area contributed by atoms with E-state index in [1.807, 2.05) is 0 Å². The third-order valence-electron chi connectivity index (χ3n) is 5.51. The lowest BCUT2D eigenvalue weighted by atomic mass is 9.79. The van der Waals surface area contributed by atoms with E-state index in [2.05, 4.69) is 22.5 Å². The zero-order valence-electron chi connectivity index (χ0n) is 14.8. The third kappa shape index (κ3) is 4.74. The van der Waals surface area contributed by atoms with Crippen LogP contribution in [-0.4, -0.2) is 22.1 Å². The monoisotopic (exact) mass is 348 g/mol. The van der Waals surface area contributed by atoms with E-state index >= 15 is 0 Å². The Morgan fingerprint density at radius 3 is 2.68 bits per heavy atom. The number of rotatable bonds is 6. The number of hydrogen-bond donors (Lipinski definition) is 3. The van der Waals surface area contributed by atoms with Crippen LogP contribution in [0.2, 0.25) is 0 Å². The van der Waals surface area contributed by atoms with Gasteiger partial charge in [-0.25, -0.2) is 9.59 Å². The summed E-state index contributed by atoms with van der Waals surface area (Å²) in [6.07, 6.45) is 9.64. The molecule has 0 spiro atoms. The van der Waals surface area contributed by atoms with Gasteiger partial charge < -0.3 is 10.6 Å². The van der Waals surface area contributed by atoms with Crippen molar-refractivity contribution < 1.29 is 4.79 Å². The number of hydrogen-bond acceptors (Lipinski definition) is 3. The molecule has 1 heterocycles. The Hall–Kier alpha value is -2.05. The molecule has 3 N–H and O–H groups in total. The number of aromatic amines is 1. The minimum atomic E-state index is -0.432. The molecule has 3 rings (SSSR count). The summed E-state index contributed by atoms with van der Waals surface area (Å²) in [6.45, 7) is 3.07. The van der Waals surface area contributed by atoms with Crippen LogP contribution in [0.15, 0.2) is 15.8 Å². The fraction of sp³-hybridized carbons (Fsp3) is 0.722. The standard InChI is InChI=1S/C18H28N4O3/c1-12-4-2-3-5-13(12)8-9-19-17(24)20-10-14-11-22(15-6-7-15)18(25)21-16(14)23/h11-13,15H,2-10H2,1H3,(H2,19,20,24)(H,21,23,25). The van der Waals surface area contributed by atoms with E-state index in [0.717, 1.165) is 25.2 Å². The van der Waals surface area contributed by atoms with E-state index in [9.17, 15) is 14.4 Å². The van der Waals surface area contributed by atoms with E-state index in [0.29, 0.717) is 18.0 Å². The molecule has 0 radical (unpaired) electrons. The van der Waals surface area contributed by atoms with Crippen molar-refractivity contribution in [1.29, 1.82) is 0 Å². The Balaban J connectivity index is 1.45. The van der Waals surface area contributed by atoms with Gasteiger partial charge in [0.05, 0.1) is 12.1 Å². The van der Waals surface area contributed by atoms with Gasteiger partial charge in [-0.1, -0.05) is 32.6 Å². The smallest absolute Gasteiger partial charge is 0.328 e. The molecule has 2 fully saturated rings. The van der Waals surface area contributed by atoms with E-state index in [-0.39, 0.29) is 24.3 Å². The van der Waals surface area contributed by atoms with Gasteiger partial charge in [0.1, 0.15) is 0 Å². The molecular formula is C18H28N4O3. The van der Waals surface area contributed by atoms with Crippen LogP contribution in [-0.2, 0) is 6.54 Å². The number of nitrogens with one attached hydrogen (secondary N) is 3. The molecule has 1 aromatic heterocycles. The highest BCUT2D eigenvalue weighted by Gasteiger charge is 2.25. The molecule has 2 saturated carbocycles. The quantitative estimate of drug-likeness (QED) is 0.732. The number of nitrogens with zero attached hydrogens (tertiary/aromatic N) is 1. The van der Waals surface area contributed by atoms with Gasteiger partial charge >= 0.3 is 11.7 Å². The van der Waals surface area contributed by atoms with Gasteiger partial charge in [0, 0.05) is 18.8 Å². The minimum absolute atomic E-state index is 0.119. The van der Waals surface area contributed by atoms with Crippen molar-refractivity contribution in [3.8, 4) is 0 Å². The van der Waals surface area contributed by atoms with Gasteiger partial charge in [0.25, 0.3) is 5.56 Å². The lowest BCUT2D eigenvalue weighted by Crippen LogP contribution is -2.39. The molecule has 1 aromatic rings. The number of H-pyrrole nitrogens is 1. The van der Waals surface area contributed by atoms with Gasteiger partial charge in [-0.15, -0.1) is 0 Å². The first-order chi connectivity index (χ1) is 12.0. The maximum absolute atomic E-state index is 11.9. The summed E-state index contributed by atoms with van der Waals surface area (Å²) in [4.78, 5) is 37.9. The highest BCUT2D eigenvalue weighted by atomic mass is 16.2. The van der Waals surface area contributed by atoms with Crippen molar-refractivity contribution in [2.75, 3.05) is 6.54 Å². The normalized spacial score (nSPS) is 23.2. The first-order valence-corrected chi connectivity index (χ1v) is 9.40. The average molecular weight is 348 g/mol. The van der Waals surface area contributed by atoms with Crippen molar-refractivity contribution in [3.05, 3.63) is 32.6 Å². The molecule has 0 aliphatic heterocycles. The maximum Gasteiger partial charge on any atom is 0.328 e. The molecule has 2 atom stereocenters. The van der Waals surface area contributed by atoms with E-state index < -0.39 is 5.56 Å². The van der Waals surface area contributed by atoms with Crippen LogP contribution in [0, 0.1) is 11.8 Å². The Morgan fingerprint density at radius 2 is 1.96 bits per heavy atom. The minimum Gasteiger partial charge on any atom is -0.338 e. The highest BCUT2D eigenvalue weighted by molar-refractivity contribution is 5.73. The van der Waals surface area contributed by atoms with Crippen LogP contribution in [0.3, 0.4) is 0 Å². The van der Waals surface area contributed by atoms with Crippen LogP contribution in [0.4, 0.5) is 4.79 Å². The Morgan fingerprint density at radius 1 is 1.20 bits per heavy atom. The summed E-state index contributed by atoms with van der Waals surface area (Å²) in [7, 11) is 0. The summed E-state index contributed by atoms with van der Waals surface area (Å²) >= 11 is 0. The van der Waals surface area contributed by atoms with Crippen molar-refractivity contribution in [3.63, 3.8) is 0 Å². The second kappa shape index (κ2) is 7.89. The van der Waals surface area contributed by atoms with E-state index in [1.165, 1.54) is 25.7 Å². The molecule has 2 aliphatic rings. The first kappa shape index (κ1) is 17.8. The van der Waals surface area contributed by atoms with Gasteiger partial charge in [-0.2, -0.15) is 0 Å². The molecule has 7 nitrogen and oxygen atoms in total. The molecule has 0 saturated heterocycles. The zero-order valence-corrected chi connectivity index (χ0v) is 14.8. The van der Waals surface area contributed by atoms with Crippen molar-refractivity contribution in [2.45, 2.75) is 64.5 Å². The summed E-state index contributed by atoms with van der Waals surface area (Å²) in [5.41, 5.74) is -0.400.